The van der Waals surface area contributed by atoms with E-state index in [0.29, 0.717) is 10.5 Å². The molecule has 2 amide bonds. The third-order valence-electron chi connectivity index (χ3n) is 6.05. The molecule has 1 aliphatic heterocycles. The fourth-order valence-electron chi connectivity index (χ4n) is 4.50. The Bertz CT molecular complexity index is 1420. The summed E-state index contributed by atoms with van der Waals surface area (Å²) in [6, 6.07) is 9.46. The summed E-state index contributed by atoms with van der Waals surface area (Å²) in [5.41, 5.74) is -1.02. The number of alkyl halides is 6. The van der Waals surface area contributed by atoms with Crippen LogP contribution in [0.2, 0.25) is 5.02 Å². The van der Waals surface area contributed by atoms with Gasteiger partial charge in [-0.1, -0.05) is 41.9 Å². The number of hydrogen-bond acceptors (Lipinski definition) is 5. The van der Waals surface area contributed by atoms with E-state index in [2.05, 4.69) is 0 Å². The number of imide groups is 1. The molecule has 0 bridgehead atoms. The smallest absolute Gasteiger partial charge is 0.422 e. The SMILES string of the molecule is CCOC(=O)Cc1ccc(N2C(=O)c3c(c(OCC(F)(F)F)c4ccccc4c3CCC(F)(F)F)C2=O)c(Cl)c1. The van der Waals surface area contributed by atoms with Gasteiger partial charge >= 0.3 is 18.3 Å². The molecule has 212 valence electrons. The molecule has 6 nitrogen and oxygen atoms in total. The van der Waals surface area contributed by atoms with Crippen LogP contribution in [0.25, 0.3) is 10.8 Å². The predicted octanol–water partition coefficient (Wildman–Crippen LogP) is 6.84. The predicted molar refractivity (Wildman–Crippen MR) is 133 cm³/mol. The molecule has 3 aromatic rings. The molecule has 0 atom stereocenters. The van der Waals surface area contributed by atoms with Gasteiger partial charge in [0.25, 0.3) is 11.8 Å². The van der Waals surface area contributed by atoms with Crippen molar-refractivity contribution in [1.82, 2.24) is 0 Å². The first-order chi connectivity index (χ1) is 18.7. The van der Waals surface area contributed by atoms with Crippen molar-refractivity contribution in [3.63, 3.8) is 0 Å². The lowest BCUT2D eigenvalue weighted by Gasteiger charge is -2.18. The molecule has 0 spiro atoms. The molecule has 4 rings (SSSR count). The van der Waals surface area contributed by atoms with Gasteiger partial charge in [0.05, 0.1) is 34.9 Å². The summed E-state index contributed by atoms with van der Waals surface area (Å²) < 4.78 is 88.8. The highest BCUT2D eigenvalue weighted by Crippen LogP contribution is 2.45. The Kier molecular flexibility index (Phi) is 8.02. The molecule has 0 fully saturated rings. The number of carbonyl (C=O) groups is 3. The number of rotatable bonds is 8. The van der Waals surface area contributed by atoms with Crippen molar-refractivity contribution in [2.24, 2.45) is 0 Å². The Hall–Kier alpha value is -3.80. The Morgan fingerprint density at radius 3 is 2.17 bits per heavy atom. The van der Waals surface area contributed by atoms with Gasteiger partial charge in [-0.2, -0.15) is 26.3 Å². The number of carbonyl (C=O) groups excluding carboxylic acids is 3. The van der Waals surface area contributed by atoms with Crippen LogP contribution in [0.5, 0.6) is 5.75 Å². The van der Waals surface area contributed by atoms with Crippen LogP contribution >= 0.6 is 11.6 Å². The minimum Gasteiger partial charge on any atom is -0.483 e. The van der Waals surface area contributed by atoms with E-state index in [1.54, 1.807) is 6.92 Å². The van der Waals surface area contributed by atoms with E-state index in [4.69, 9.17) is 21.1 Å². The maximum absolute atomic E-state index is 13.7. The molecule has 13 heteroatoms. The molecule has 3 aromatic carbocycles. The Morgan fingerprint density at radius 1 is 0.925 bits per heavy atom. The van der Waals surface area contributed by atoms with Gasteiger partial charge in [0, 0.05) is 11.8 Å². The lowest BCUT2D eigenvalue weighted by molar-refractivity contribution is -0.153. The summed E-state index contributed by atoms with van der Waals surface area (Å²) in [6.07, 6.45) is -11.7. The zero-order valence-electron chi connectivity index (χ0n) is 20.7. The number of benzene rings is 3. The fraction of sp³-hybridized carbons (Fsp3) is 0.296. The summed E-state index contributed by atoms with van der Waals surface area (Å²) in [7, 11) is 0. The molecule has 0 N–H and O–H groups in total. The van der Waals surface area contributed by atoms with Gasteiger partial charge in [0.2, 0.25) is 0 Å². The molecule has 40 heavy (non-hydrogen) atoms. The van der Waals surface area contributed by atoms with Crippen molar-refractivity contribution < 1.29 is 50.2 Å². The van der Waals surface area contributed by atoms with Crippen molar-refractivity contribution in [3.05, 3.63) is 69.7 Å². The quantitative estimate of drug-likeness (QED) is 0.164. The van der Waals surface area contributed by atoms with Gasteiger partial charge in [-0.05, 0) is 42.0 Å². The van der Waals surface area contributed by atoms with Crippen molar-refractivity contribution in [1.29, 1.82) is 0 Å². The zero-order valence-corrected chi connectivity index (χ0v) is 21.5. The van der Waals surface area contributed by atoms with Crippen LogP contribution in [0, 0.1) is 0 Å². The second-order valence-electron chi connectivity index (χ2n) is 8.84. The monoisotopic (exact) mass is 587 g/mol. The molecular formula is C27H20ClF6NO5. The van der Waals surface area contributed by atoms with Gasteiger partial charge < -0.3 is 9.47 Å². The summed E-state index contributed by atoms with van der Waals surface area (Å²) >= 11 is 6.34. The first kappa shape index (κ1) is 29.2. The van der Waals surface area contributed by atoms with Gasteiger partial charge in [-0.25, -0.2) is 4.90 Å². The van der Waals surface area contributed by atoms with Crippen LogP contribution in [0.15, 0.2) is 42.5 Å². The van der Waals surface area contributed by atoms with Crippen LogP contribution in [-0.2, 0) is 22.4 Å². The van der Waals surface area contributed by atoms with Crippen molar-refractivity contribution in [2.45, 2.75) is 38.5 Å². The van der Waals surface area contributed by atoms with E-state index < -0.39 is 66.5 Å². The number of ether oxygens (including phenoxy) is 2. The number of fused-ring (bicyclic) bond motifs is 2. The van der Waals surface area contributed by atoms with Crippen LogP contribution < -0.4 is 9.64 Å². The van der Waals surface area contributed by atoms with Crippen molar-refractivity contribution in [2.75, 3.05) is 18.1 Å². The average Bonchev–Trinajstić information content (AvgIpc) is 3.10. The molecule has 0 saturated carbocycles. The van der Waals surface area contributed by atoms with Gasteiger partial charge in [-0.3, -0.25) is 14.4 Å². The number of esters is 1. The molecule has 0 radical (unpaired) electrons. The Balaban J connectivity index is 1.88. The Morgan fingerprint density at radius 2 is 1.57 bits per heavy atom. The lowest BCUT2D eigenvalue weighted by atomic mass is 9.91. The molecule has 0 unspecified atom stereocenters. The highest BCUT2D eigenvalue weighted by molar-refractivity contribution is 6.41. The number of nitrogens with zero attached hydrogens (tertiary/aromatic N) is 1. The second kappa shape index (κ2) is 11.0. The van der Waals surface area contributed by atoms with Gasteiger partial charge in [-0.15, -0.1) is 0 Å². The van der Waals surface area contributed by atoms with E-state index in [1.165, 1.54) is 42.5 Å². The second-order valence-corrected chi connectivity index (χ2v) is 9.24. The number of aryl methyl sites for hydroxylation is 1. The third-order valence-corrected chi connectivity index (χ3v) is 6.36. The van der Waals surface area contributed by atoms with Crippen LogP contribution in [0.3, 0.4) is 0 Å². The zero-order chi connectivity index (χ0) is 29.4. The van der Waals surface area contributed by atoms with Crippen molar-refractivity contribution in [3.8, 4) is 5.75 Å². The van der Waals surface area contributed by atoms with E-state index in [9.17, 15) is 40.7 Å². The maximum atomic E-state index is 13.7. The molecule has 1 aliphatic rings. The van der Waals surface area contributed by atoms with Gasteiger partial charge in [0.1, 0.15) is 5.75 Å². The summed E-state index contributed by atoms with van der Waals surface area (Å²) in [4.78, 5) is 39.7. The van der Waals surface area contributed by atoms with Crippen LogP contribution in [0.4, 0.5) is 32.0 Å². The topological polar surface area (TPSA) is 72.9 Å². The number of anilines is 1. The summed E-state index contributed by atoms with van der Waals surface area (Å²) in [5.74, 6) is -3.31. The van der Waals surface area contributed by atoms with Crippen LogP contribution in [-0.4, -0.2) is 43.4 Å². The molecule has 1 heterocycles. The molecule has 0 aromatic heterocycles. The van der Waals surface area contributed by atoms with Crippen LogP contribution in [0.1, 0.15) is 45.2 Å². The standard InChI is InChI=1S/C27H20ClF6NO5/c1-2-39-20(36)12-14-7-8-19(18(28)11-14)35-24(37)21-16(9-10-26(29,30)31)15-5-3-4-6-17(15)23(22(21)25(35)38)40-13-27(32,33)34/h3-8,11H,2,9-10,12-13H2,1H3. The highest BCUT2D eigenvalue weighted by Gasteiger charge is 2.44. The number of amides is 2. The summed E-state index contributed by atoms with van der Waals surface area (Å²) in [5, 5.41) is -0.168. The molecular weight excluding hydrogens is 568 g/mol. The first-order valence-corrected chi connectivity index (χ1v) is 12.3. The van der Waals surface area contributed by atoms with E-state index in [1.807, 2.05) is 0 Å². The number of hydrogen-bond donors (Lipinski definition) is 0. The summed E-state index contributed by atoms with van der Waals surface area (Å²) in [6.45, 7) is -0.0467. The fourth-order valence-corrected chi connectivity index (χ4v) is 4.79. The average molecular weight is 588 g/mol. The van der Waals surface area contributed by atoms with E-state index in [0.717, 1.165) is 0 Å². The largest absolute Gasteiger partial charge is 0.483 e. The van der Waals surface area contributed by atoms with Gasteiger partial charge in [0.15, 0.2) is 6.61 Å². The van der Waals surface area contributed by atoms with Crippen molar-refractivity contribution >= 4 is 45.8 Å². The minimum atomic E-state index is -4.81. The Labute approximate surface area is 228 Å². The normalized spacial score (nSPS) is 13.7. The maximum Gasteiger partial charge on any atom is 0.422 e. The van der Waals surface area contributed by atoms with E-state index in [-0.39, 0.29) is 40.1 Å². The molecule has 0 aliphatic carbocycles. The number of halogens is 7. The molecule has 0 saturated heterocycles. The lowest BCUT2D eigenvalue weighted by Crippen LogP contribution is -2.30. The third kappa shape index (κ3) is 6.01. The first-order valence-electron chi connectivity index (χ1n) is 11.9. The minimum absolute atomic E-state index is 0.0431. The van der Waals surface area contributed by atoms with E-state index >= 15 is 0 Å². The highest BCUT2D eigenvalue weighted by atomic mass is 35.5.